The van der Waals surface area contributed by atoms with Gasteiger partial charge in [0.1, 0.15) is 11.5 Å². The van der Waals surface area contributed by atoms with Crippen LogP contribution in [0, 0.1) is 4.77 Å². The van der Waals surface area contributed by atoms with Gasteiger partial charge in [0, 0.05) is 5.56 Å². The molecular weight excluding hydrogens is 300 g/mol. The number of nitrogens with one attached hydrogen (secondary N) is 1. The fraction of sp³-hybridized carbons (Fsp3) is 0.133. The second kappa shape index (κ2) is 6.40. The third-order valence-corrected chi connectivity index (χ3v) is 3.18. The van der Waals surface area contributed by atoms with Crippen LogP contribution in [-0.4, -0.2) is 27.7 Å². The molecule has 0 saturated carbocycles. The summed E-state index contributed by atoms with van der Waals surface area (Å²) in [5.41, 5.74) is 0.882. The van der Waals surface area contributed by atoms with Crippen molar-refractivity contribution in [2.24, 2.45) is 5.10 Å². The van der Waals surface area contributed by atoms with E-state index in [4.69, 9.17) is 21.4 Å². The van der Waals surface area contributed by atoms with Crippen LogP contribution in [0.1, 0.15) is 12.7 Å². The van der Waals surface area contributed by atoms with E-state index in [-0.39, 0.29) is 0 Å². The molecule has 0 atom stereocenters. The quantitative estimate of drug-likeness (QED) is 0.578. The number of ether oxygens (including phenoxy) is 1. The fourth-order valence-corrected chi connectivity index (χ4v) is 2.11. The maximum atomic E-state index is 5.43. The minimum absolute atomic E-state index is 0.409. The average molecular weight is 314 g/mol. The van der Waals surface area contributed by atoms with Crippen LogP contribution in [0.15, 0.2) is 52.2 Å². The van der Waals surface area contributed by atoms with Crippen molar-refractivity contribution in [1.29, 1.82) is 0 Å². The zero-order valence-corrected chi connectivity index (χ0v) is 12.7. The van der Waals surface area contributed by atoms with Gasteiger partial charge in [-0.05, 0) is 55.5 Å². The minimum atomic E-state index is 0.409. The molecule has 0 radical (unpaired) electrons. The van der Waals surface area contributed by atoms with Crippen molar-refractivity contribution in [1.82, 2.24) is 14.9 Å². The molecule has 2 heterocycles. The molecule has 1 aromatic carbocycles. The van der Waals surface area contributed by atoms with E-state index in [0.717, 1.165) is 11.3 Å². The summed E-state index contributed by atoms with van der Waals surface area (Å²) in [6.45, 7) is 2.58. The van der Waals surface area contributed by atoms with Gasteiger partial charge in [0.25, 0.3) is 0 Å². The van der Waals surface area contributed by atoms with E-state index >= 15 is 0 Å². The van der Waals surface area contributed by atoms with Gasteiger partial charge in [-0.3, -0.25) is 0 Å². The molecule has 6 nitrogen and oxygen atoms in total. The SMILES string of the molecule is CCOc1ccc(-c2n[nH]c(=S)n2/N=C\c2ccco2)cc1. The third-order valence-electron chi connectivity index (χ3n) is 2.92. The first-order chi connectivity index (χ1) is 10.8. The van der Waals surface area contributed by atoms with Crippen LogP contribution >= 0.6 is 12.2 Å². The van der Waals surface area contributed by atoms with Crippen LogP contribution in [-0.2, 0) is 0 Å². The first kappa shape index (κ1) is 14.3. The summed E-state index contributed by atoms with van der Waals surface area (Å²) in [7, 11) is 0. The highest BCUT2D eigenvalue weighted by Gasteiger charge is 2.08. The molecule has 0 amide bonds. The van der Waals surface area contributed by atoms with Crippen molar-refractivity contribution in [3.8, 4) is 17.1 Å². The molecular formula is C15H14N4O2S. The Morgan fingerprint density at radius 2 is 2.18 bits per heavy atom. The fourth-order valence-electron chi connectivity index (χ4n) is 1.93. The lowest BCUT2D eigenvalue weighted by Crippen LogP contribution is -1.95. The van der Waals surface area contributed by atoms with Gasteiger partial charge in [0.2, 0.25) is 4.77 Å². The van der Waals surface area contributed by atoms with Crippen molar-refractivity contribution in [2.45, 2.75) is 6.92 Å². The van der Waals surface area contributed by atoms with Crippen LogP contribution in [0.5, 0.6) is 5.75 Å². The summed E-state index contributed by atoms with van der Waals surface area (Å²) >= 11 is 5.21. The molecule has 22 heavy (non-hydrogen) atoms. The van der Waals surface area contributed by atoms with E-state index in [0.29, 0.717) is 23.0 Å². The van der Waals surface area contributed by atoms with Gasteiger partial charge < -0.3 is 9.15 Å². The molecule has 0 unspecified atom stereocenters. The Morgan fingerprint density at radius 1 is 1.36 bits per heavy atom. The second-order valence-corrected chi connectivity index (χ2v) is 4.77. The van der Waals surface area contributed by atoms with Crippen LogP contribution in [0.3, 0.4) is 0 Å². The van der Waals surface area contributed by atoms with Gasteiger partial charge in [0.05, 0.1) is 19.1 Å². The lowest BCUT2D eigenvalue weighted by molar-refractivity contribution is 0.340. The Bertz CT molecular complexity index is 816. The topological polar surface area (TPSA) is 68.3 Å². The molecule has 7 heteroatoms. The number of hydrogen-bond acceptors (Lipinski definition) is 5. The predicted octanol–water partition coefficient (Wildman–Crippen LogP) is 3.48. The normalized spacial score (nSPS) is 11.1. The van der Waals surface area contributed by atoms with E-state index in [9.17, 15) is 0 Å². The zero-order chi connectivity index (χ0) is 15.4. The number of hydrogen-bond donors (Lipinski definition) is 1. The maximum Gasteiger partial charge on any atom is 0.216 e. The molecule has 0 aliphatic rings. The molecule has 0 aliphatic heterocycles. The number of aromatic nitrogens is 3. The van der Waals surface area contributed by atoms with Gasteiger partial charge in [-0.25, -0.2) is 5.10 Å². The lowest BCUT2D eigenvalue weighted by atomic mass is 10.2. The lowest BCUT2D eigenvalue weighted by Gasteiger charge is -2.04. The summed E-state index contributed by atoms with van der Waals surface area (Å²) in [6.07, 6.45) is 3.17. The average Bonchev–Trinajstić information content (AvgIpc) is 3.16. The Hall–Kier alpha value is -2.67. The first-order valence-corrected chi connectivity index (χ1v) is 7.17. The first-order valence-electron chi connectivity index (χ1n) is 6.76. The molecule has 0 aliphatic carbocycles. The van der Waals surface area contributed by atoms with Crippen molar-refractivity contribution in [3.63, 3.8) is 0 Å². The van der Waals surface area contributed by atoms with E-state index in [2.05, 4.69) is 15.3 Å². The summed E-state index contributed by atoms with van der Waals surface area (Å²) in [4.78, 5) is 0. The standard InChI is InChI=1S/C15H14N4O2S/c1-2-20-12-7-5-11(6-8-12)14-17-18-15(22)19(14)16-10-13-4-3-9-21-13/h3-10H,2H2,1H3,(H,18,22)/b16-10-. The van der Waals surface area contributed by atoms with E-state index in [1.54, 1.807) is 23.2 Å². The monoisotopic (exact) mass is 314 g/mol. The second-order valence-electron chi connectivity index (χ2n) is 4.38. The number of nitrogens with zero attached hydrogens (tertiary/aromatic N) is 3. The van der Waals surface area contributed by atoms with Crippen molar-refractivity contribution >= 4 is 18.4 Å². The van der Waals surface area contributed by atoms with E-state index in [1.807, 2.05) is 37.3 Å². The Balaban J connectivity index is 1.93. The predicted molar refractivity (Wildman–Crippen MR) is 85.7 cm³/mol. The number of benzene rings is 1. The Kier molecular flexibility index (Phi) is 4.15. The molecule has 2 aromatic heterocycles. The molecule has 0 saturated heterocycles. The molecule has 1 N–H and O–H groups in total. The van der Waals surface area contributed by atoms with Crippen molar-refractivity contribution in [2.75, 3.05) is 6.61 Å². The highest BCUT2D eigenvalue weighted by Crippen LogP contribution is 2.21. The molecule has 0 bridgehead atoms. The van der Waals surface area contributed by atoms with Gasteiger partial charge in [-0.2, -0.15) is 14.9 Å². The highest BCUT2D eigenvalue weighted by atomic mass is 32.1. The Labute approximate surface area is 132 Å². The number of aromatic amines is 1. The summed E-state index contributed by atoms with van der Waals surface area (Å²) in [5.74, 6) is 2.07. The molecule has 3 aromatic rings. The minimum Gasteiger partial charge on any atom is -0.494 e. The van der Waals surface area contributed by atoms with E-state index < -0.39 is 0 Å². The summed E-state index contributed by atoms with van der Waals surface area (Å²) in [6, 6.07) is 11.2. The third kappa shape index (κ3) is 2.99. The zero-order valence-electron chi connectivity index (χ0n) is 11.9. The molecule has 112 valence electrons. The van der Waals surface area contributed by atoms with Crippen LogP contribution in [0.4, 0.5) is 0 Å². The maximum absolute atomic E-state index is 5.43. The number of H-pyrrole nitrogens is 1. The Morgan fingerprint density at radius 3 is 2.86 bits per heavy atom. The van der Waals surface area contributed by atoms with Gasteiger partial charge in [-0.15, -0.1) is 0 Å². The van der Waals surface area contributed by atoms with Gasteiger partial charge in [0.15, 0.2) is 5.82 Å². The van der Waals surface area contributed by atoms with Crippen LogP contribution in [0.25, 0.3) is 11.4 Å². The summed E-state index contributed by atoms with van der Waals surface area (Å²) < 4.78 is 12.6. The smallest absolute Gasteiger partial charge is 0.216 e. The van der Waals surface area contributed by atoms with Crippen LogP contribution in [0.2, 0.25) is 0 Å². The van der Waals surface area contributed by atoms with Crippen molar-refractivity contribution < 1.29 is 9.15 Å². The number of rotatable bonds is 5. The van der Waals surface area contributed by atoms with Gasteiger partial charge in [-0.1, -0.05) is 0 Å². The molecule has 3 rings (SSSR count). The molecule has 0 fully saturated rings. The largest absolute Gasteiger partial charge is 0.494 e. The van der Waals surface area contributed by atoms with Crippen LogP contribution < -0.4 is 4.74 Å². The van der Waals surface area contributed by atoms with E-state index in [1.165, 1.54) is 0 Å². The molecule has 0 spiro atoms. The highest BCUT2D eigenvalue weighted by molar-refractivity contribution is 7.71. The van der Waals surface area contributed by atoms with Gasteiger partial charge >= 0.3 is 0 Å². The number of furan rings is 1. The summed E-state index contributed by atoms with van der Waals surface area (Å²) in [5, 5.41) is 11.3. The van der Waals surface area contributed by atoms with Crippen molar-refractivity contribution in [3.05, 3.63) is 53.2 Å².